The van der Waals surface area contributed by atoms with Crippen molar-refractivity contribution in [2.75, 3.05) is 5.73 Å². The zero-order valence-corrected chi connectivity index (χ0v) is 7.17. The van der Waals surface area contributed by atoms with Crippen LogP contribution < -0.4 is 5.73 Å². The van der Waals surface area contributed by atoms with Gasteiger partial charge < -0.3 is 5.73 Å². The van der Waals surface area contributed by atoms with E-state index in [1.54, 1.807) is 13.8 Å². The summed E-state index contributed by atoms with van der Waals surface area (Å²) in [4.78, 5) is 0. The van der Waals surface area contributed by atoms with E-state index < -0.39 is 0 Å². The zero-order valence-electron chi connectivity index (χ0n) is 6.41. The number of hydrogen-bond donors (Lipinski definition) is 1. The van der Waals surface area contributed by atoms with Crippen LogP contribution >= 0.6 is 11.6 Å². The van der Waals surface area contributed by atoms with Gasteiger partial charge >= 0.3 is 0 Å². The Morgan fingerprint density at radius 2 is 1.91 bits per heavy atom. The Morgan fingerprint density at radius 1 is 1.36 bits per heavy atom. The highest BCUT2D eigenvalue weighted by molar-refractivity contribution is 6.31. The second kappa shape index (κ2) is 2.70. The Kier molecular flexibility index (Phi) is 2.05. The van der Waals surface area contributed by atoms with Crippen molar-refractivity contribution >= 4 is 17.3 Å². The molecule has 0 atom stereocenters. The van der Waals surface area contributed by atoms with Crippen LogP contribution in [0.2, 0.25) is 5.02 Å². The van der Waals surface area contributed by atoms with Crippen molar-refractivity contribution in [3.63, 3.8) is 0 Å². The zero-order chi connectivity index (χ0) is 8.59. The number of hydrogen-bond acceptors (Lipinski definition) is 1. The van der Waals surface area contributed by atoms with Crippen LogP contribution in [-0.2, 0) is 0 Å². The van der Waals surface area contributed by atoms with E-state index in [0.717, 1.165) is 5.56 Å². The van der Waals surface area contributed by atoms with E-state index in [1.165, 1.54) is 6.07 Å². The van der Waals surface area contributed by atoms with E-state index in [-0.39, 0.29) is 5.82 Å². The molecule has 11 heavy (non-hydrogen) atoms. The number of nitrogen functional groups attached to an aromatic ring is 1. The van der Waals surface area contributed by atoms with Crippen molar-refractivity contribution in [1.29, 1.82) is 0 Å². The molecule has 0 unspecified atom stereocenters. The molecule has 0 amide bonds. The minimum absolute atomic E-state index is 0.349. The van der Waals surface area contributed by atoms with E-state index in [4.69, 9.17) is 17.3 Å². The average molecular weight is 174 g/mol. The van der Waals surface area contributed by atoms with E-state index in [9.17, 15) is 4.39 Å². The van der Waals surface area contributed by atoms with Gasteiger partial charge in [0.15, 0.2) is 0 Å². The monoisotopic (exact) mass is 173 g/mol. The fraction of sp³-hybridized carbons (Fsp3) is 0.250. The summed E-state index contributed by atoms with van der Waals surface area (Å²) in [6.07, 6.45) is 0. The van der Waals surface area contributed by atoms with Crippen LogP contribution in [0.4, 0.5) is 10.1 Å². The summed E-state index contributed by atoms with van der Waals surface area (Å²) in [5.41, 5.74) is 7.20. The van der Waals surface area contributed by atoms with Gasteiger partial charge in [-0.1, -0.05) is 11.6 Å². The lowest BCUT2D eigenvalue weighted by atomic mass is 10.1. The van der Waals surface area contributed by atoms with Gasteiger partial charge in [-0.3, -0.25) is 0 Å². The smallest absolute Gasteiger partial charge is 0.129 e. The van der Waals surface area contributed by atoms with E-state index in [0.29, 0.717) is 16.3 Å². The van der Waals surface area contributed by atoms with Gasteiger partial charge in [0.1, 0.15) is 5.82 Å². The van der Waals surface area contributed by atoms with Crippen molar-refractivity contribution in [2.45, 2.75) is 13.8 Å². The number of halogens is 2. The largest absolute Gasteiger partial charge is 0.398 e. The van der Waals surface area contributed by atoms with Gasteiger partial charge in [-0.2, -0.15) is 0 Å². The first-order valence-electron chi connectivity index (χ1n) is 3.24. The van der Waals surface area contributed by atoms with Crippen LogP contribution in [0.5, 0.6) is 0 Å². The summed E-state index contributed by atoms with van der Waals surface area (Å²) >= 11 is 5.67. The normalized spacial score (nSPS) is 10.2. The quantitative estimate of drug-likeness (QED) is 0.600. The van der Waals surface area contributed by atoms with Crippen molar-refractivity contribution in [1.82, 2.24) is 0 Å². The summed E-state index contributed by atoms with van der Waals surface area (Å²) in [6, 6.07) is 1.28. The summed E-state index contributed by atoms with van der Waals surface area (Å²) in [5, 5.41) is 0.380. The lowest BCUT2D eigenvalue weighted by Crippen LogP contribution is -1.96. The Labute approximate surface area is 70.0 Å². The number of anilines is 1. The molecule has 0 bridgehead atoms. The minimum atomic E-state index is -0.349. The molecule has 0 saturated heterocycles. The first kappa shape index (κ1) is 8.34. The summed E-state index contributed by atoms with van der Waals surface area (Å²) in [5.74, 6) is -0.349. The van der Waals surface area contributed by atoms with Gasteiger partial charge in [0.25, 0.3) is 0 Å². The van der Waals surface area contributed by atoms with Crippen LogP contribution in [0.15, 0.2) is 6.07 Å². The summed E-state index contributed by atoms with van der Waals surface area (Å²) in [7, 11) is 0. The first-order chi connectivity index (χ1) is 5.04. The molecule has 2 N–H and O–H groups in total. The fourth-order valence-corrected chi connectivity index (χ4v) is 1.06. The molecule has 60 valence electrons. The van der Waals surface area contributed by atoms with Crippen LogP contribution in [0.3, 0.4) is 0 Å². The predicted octanol–water partition coefficient (Wildman–Crippen LogP) is 2.68. The Hall–Kier alpha value is -0.760. The Balaban J connectivity index is 3.46. The second-order valence-electron chi connectivity index (χ2n) is 2.50. The minimum Gasteiger partial charge on any atom is -0.398 e. The lowest BCUT2D eigenvalue weighted by molar-refractivity contribution is 0.619. The molecule has 0 saturated carbocycles. The van der Waals surface area contributed by atoms with Crippen molar-refractivity contribution in [3.05, 3.63) is 28.0 Å². The molecule has 1 aromatic carbocycles. The molecule has 3 heteroatoms. The third-order valence-electron chi connectivity index (χ3n) is 1.78. The topological polar surface area (TPSA) is 26.0 Å². The molecule has 0 aromatic heterocycles. The molecule has 0 fully saturated rings. The van der Waals surface area contributed by atoms with Gasteiger partial charge in [-0.25, -0.2) is 4.39 Å². The van der Waals surface area contributed by atoms with E-state index in [2.05, 4.69) is 0 Å². The third kappa shape index (κ3) is 1.31. The maximum absolute atomic E-state index is 12.9. The molecule has 0 aliphatic rings. The maximum atomic E-state index is 12.9. The van der Waals surface area contributed by atoms with Gasteiger partial charge in [-0.15, -0.1) is 0 Å². The van der Waals surface area contributed by atoms with Crippen LogP contribution in [0.25, 0.3) is 0 Å². The van der Waals surface area contributed by atoms with Crippen LogP contribution in [0.1, 0.15) is 11.1 Å². The molecule has 0 radical (unpaired) electrons. The van der Waals surface area contributed by atoms with Crippen molar-refractivity contribution in [3.8, 4) is 0 Å². The molecule has 0 aliphatic heterocycles. The van der Waals surface area contributed by atoms with Gasteiger partial charge in [-0.05, 0) is 25.5 Å². The fourth-order valence-electron chi connectivity index (χ4n) is 0.866. The number of rotatable bonds is 0. The Morgan fingerprint density at radius 3 is 2.45 bits per heavy atom. The maximum Gasteiger partial charge on any atom is 0.129 e. The van der Waals surface area contributed by atoms with Gasteiger partial charge in [0.05, 0.1) is 0 Å². The predicted molar refractivity (Wildman–Crippen MR) is 45.3 cm³/mol. The first-order valence-corrected chi connectivity index (χ1v) is 3.62. The van der Waals surface area contributed by atoms with E-state index in [1.807, 2.05) is 0 Å². The summed E-state index contributed by atoms with van der Waals surface area (Å²) in [6.45, 7) is 3.40. The summed E-state index contributed by atoms with van der Waals surface area (Å²) < 4.78 is 12.9. The second-order valence-corrected chi connectivity index (χ2v) is 2.91. The third-order valence-corrected chi connectivity index (χ3v) is 2.17. The molecule has 0 spiro atoms. The standard InChI is InChI=1S/C8H9ClFN/c1-4-6(9)3-7(10)5(2)8(4)11/h3H,11H2,1-2H3. The molecular weight excluding hydrogens is 165 g/mol. The highest BCUT2D eigenvalue weighted by Gasteiger charge is 2.07. The molecule has 0 aliphatic carbocycles. The SMILES string of the molecule is Cc1c(F)cc(Cl)c(C)c1N. The lowest BCUT2D eigenvalue weighted by Gasteiger charge is -2.06. The average Bonchev–Trinajstić information content (AvgIpc) is 1.97. The van der Waals surface area contributed by atoms with Gasteiger partial charge in [0, 0.05) is 16.3 Å². The van der Waals surface area contributed by atoms with Crippen LogP contribution in [0, 0.1) is 19.7 Å². The van der Waals surface area contributed by atoms with Crippen molar-refractivity contribution < 1.29 is 4.39 Å². The molecule has 0 heterocycles. The van der Waals surface area contributed by atoms with E-state index >= 15 is 0 Å². The van der Waals surface area contributed by atoms with Crippen LogP contribution in [-0.4, -0.2) is 0 Å². The molecular formula is C8H9ClFN. The molecule has 1 aromatic rings. The number of nitrogens with two attached hydrogens (primary N) is 1. The van der Waals surface area contributed by atoms with Gasteiger partial charge in [0.2, 0.25) is 0 Å². The molecule has 1 nitrogen and oxygen atoms in total. The number of benzene rings is 1. The Bertz CT molecular complexity index is 270. The highest BCUT2D eigenvalue weighted by atomic mass is 35.5. The van der Waals surface area contributed by atoms with Crippen molar-refractivity contribution in [2.24, 2.45) is 0 Å². The molecule has 1 rings (SSSR count). The highest BCUT2D eigenvalue weighted by Crippen LogP contribution is 2.26.